The van der Waals surface area contributed by atoms with Gasteiger partial charge in [0.15, 0.2) is 0 Å². The Morgan fingerprint density at radius 3 is 2.70 bits per heavy atom. The number of ether oxygens (including phenoxy) is 1. The average Bonchev–Trinajstić information content (AvgIpc) is 3.02. The Morgan fingerprint density at radius 1 is 1.20 bits per heavy atom. The molecule has 0 unspecified atom stereocenters. The molecule has 4 heteroatoms. The molecular weight excluding hydrogens is 254 g/mol. The SMILES string of the molecule is CC1CCC(NC(=O)[C@@H]2[C@@H]3C[C@@H]4[C@H]2C(=O)O[C@@H]4C3)CC1. The Bertz CT molecular complexity index is 439. The maximum Gasteiger partial charge on any atom is 0.310 e. The molecule has 0 spiro atoms. The summed E-state index contributed by atoms with van der Waals surface area (Å²) in [6.45, 7) is 2.28. The number of rotatable bonds is 2. The molecule has 2 bridgehead atoms. The van der Waals surface area contributed by atoms with Gasteiger partial charge in [0.2, 0.25) is 5.91 Å². The van der Waals surface area contributed by atoms with Gasteiger partial charge in [0.1, 0.15) is 6.10 Å². The van der Waals surface area contributed by atoms with Crippen LogP contribution in [0.3, 0.4) is 0 Å². The van der Waals surface area contributed by atoms with Crippen molar-refractivity contribution in [3.8, 4) is 0 Å². The van der Waals surface area contributed by atoms with Crippen LogP contribution >= 0.6 is 0 Å². The molecule has 0 aromatic rings. The maximum absolute atomic E-state index is 12.6. The van der Waals surface area contributed by atoms with Crippen LogP contribution in [0.2, 0.25) is 0 Å². The smallest absolute Gasteiger partial charge is 0.310 e. The molecule has 0 aromatic heterocycles. The minimum Gasteiger partial charge on any atom is -0.462 e. The number of fused-ring (bicyclic) bond motifs is 1. The Kier molecular flexibility index (Phi) is 2.83. The zero-order valence-electron chi connectivity index (χ0n) is 12.0. The minimum absolute atomic E-state index is 0.106. The first kappa shape index (κ1) is 12.7. The first-order valence-electron chi connectivity index (χ1n) is 8.14. The predicted octanol–water partition coefficient (Wildman–Crippen LogP) is 1.88. The fourth-order valence-electron chi connectivity index (χ4n) is 5.07. The Hall–Kier alpha value is -1.06. The lowest BCUT2D eigenvalue weighted by molar-refractivity contribution is -0.146. The lowest BCUT2D eigenvalue weighted by Crippen LogP contribution is -2.45. The molecule has 3 saturated carbocycles. The summed E-state index contributed by atoms with van der Waals surface area (Å²) in [4.78, 5) is 24.5. The van der Waals surface area contributed by atoms with E-state index in [1.807, 2.05) is 0 Å². The highest BCUT2D eigenvalue weighted by Gasteiger charge is 2.63. The zero-order valence-corrected chi connectivity index (χ0v) is 12.0. The monoisotopic (exact) mass is 277 g/mol. The third-order valence-corrected chi connectivity index (χ3v) is 6.15. The van der Waals surface area contributed by atoms with Gasteiger partial charge in [-0.1, -0.05) is 6.92 Å². The summed E-state index contributed by atoms with van der Waals surface area (Å²) in [5, 5.41) is 3.22. The van der Waals surface area contributed by atoms with Crippen molar-refractivity contribution in [2.24, 2.45) is 29.6 Å². The van der Waals surface area contributed by atoms with Gasteiger partial charge in [-0.2, -0.15) is 0 Å². The number of hydrogen-bond donors (Lipinski definition) is 1. The summed E-state index contributed by atoms with van der Waals surface area (Å²) in [6.07, 6.45) is 6.63. The summed E-state index contributed by atoms with van der Waals surface area (Å²) in [5.74, 6) is 1.26. The molecule has 20 heavy (non-hydrogen) atoms. The maximum atomic E-state index is 12.6. The van der Waals surface area contributed by atoms with E-state index in [-0.39, 0.29) is 29.8 Å². The van der Waals surface area contributed by atoms with Gasteiger partial charge in [-0.15, -0.1) is 0 Å². The van der Waals surface area contributed by atoms with Crippen molar-refractivity contribution in [2.45, 2.75) is 57.6 Å². The number of amides is 1. The van der Waals surface area contributed by atoms with Gasteiger partial charge in [0.25, 0.3) is 0 Å². The Balaban J connectivity index is 1.43. The average molecular weight is 277 g/mol. The molecule has 4 fully saturated rings. The van der Waals surface area contributed by atoms with Crippen LogP contribution in [0.5, 0.6) is 0 Å². The first-order valence-corrected chi connectivity index (χ1v) is 8.14. The van der Waals surface area contributed by atoms with Crippen molar-refractivity contribution in [3.05, 3.63) is 0 Å². The molecule has 3 aliphatic carbocycles. The fraction of sp³-hybridized carbons (Fsp3) is 0.875. The second-order valence-corrected chi connectivity index (χ2v) is 7.39. The molecule has 1 saturated heterocycles. The lowest BCUT2D eigenvalue weighted by Gasteiger charge is -2.30. The number of hydrogen-bond acceptors (Lipinski definition) is 3. The molecule has 1 N–H and O–H groups in total. The van der Waals surface area contributed by atoms with E-state index < -0.39 is 0 Å². The number of nitrogens with one attached hydrogen (secondary N) is 1. The first-order chi connectivity index (χ1) is 9.63. The van der Waals surface area contributed by atoms with Crippen molar-refractivity contribution in [2.75, 3.05) is 0 Å². The van der Waals surface area contributed by atoms with Crippen LogP contribution in [-0.4, -0.2) is 24.0 Å². The summed E-state index contributed by atoms with van der Waals surface area (Å²) < 4.78 is 5.40. The second kappa shape index (κ2) is 4.47. The predicted molar refractivity (Wildman–Crippen MR) is 72.6 cm³/mol. The number of carbonyl (C=O) groups excluding carboxylic acids is 2. The number of carbonyl (C=O) groups is 2. The molecule has 0 radical (unpaired) electrons. The van der Waals surface area contributed by atoms with Crippen molar-refractivity contribution in [1.82, 2.24) is 5.32 Å². The van der Waals surface area contributed by atoms with Gasteiger partial charge in [0.05, 0.1) is 11.8 Å². The van der Waals surface area contributed by atoms with E-state index in [2.05, 4.69) is 12.2 Å². The van der Waals surface area contributed by atoms with Gasteiger partial charge < -0.3 is 10.1 Å². The summed E-state index contributed by atoms with van der Waals surface area (Å²) in [7, 11) is 0. The highest BCUT2D eigenvalue weighted by molar-refractivity contribution is 5.88. The van der Waals surface area contributed by atoms with Crippen LogP contribution in [0.25, 0.3) is 0 Å². The van der Waals surface area contributed by atoms with Gasteiger partial charge >= 0.3 is 5.97 Å². The molecule has 1 aliphatic heterocycles. The van der Waals surface area contributed by atoms with E-state index in [1.165, 1.54) is 12.8 Å². The molecular formula is C16H23NO3. The second-order valence-electron chi connectivity index (χ2n) is 7.39. The van der Waals surface area contributed by atoms with Gasteiger partial charge in [-0.3, -0.25) is 9.59 Å². The highest BCUT2D eigenvalue weighted by Crippen LogP contribution is 2.57. The standard InChI is InChI=1S/C16H23NO3/c1-8-2-4-10(5-3-8)17-15(18)13-9-6-11-12(7-9)20-16(19)14(11)13/h8-14H,2-7H2,1H3,(H,17,18)/t8?,9-,10?,11+,12-,13-,14-/m1/s1. The zero-order chi connectivity index (χ0) is 13.9. The van der Waals surface area contributed by atoms with E-state index in [9.17, 15) is 9.59 Å². The fourth-order valence-corrected chi connectivity index (χ4v) is 5.07. The van der Waals surface area contributed by atoms with E-state index in [0.717, 1.165) is 31.6 Å². The Morgan fingerprint density at radius 2 is 1.95 bits per heavy atom. The number of esters is 1. The van der Waals surface area contributed by atoms with Crippen LogP contribution in [0.15, 0.2) is 0 Å². The van der Waals surface area contributed by atoms with Crippen LogP contribution in [0.4, 0.5) is 0 Å². The normalized spacial score (nSPS) is 49.2. The van der Waals surface area contributed by atoms with Gasteiger partial charge in [0, 0.05) is 12.0 Å². The van der Waals surface area contributed by atoms with Crippen molar-refractivity contribution >= 4 is 11.9 Å². The minimum atomic E-state index is -0.138. The third-order valence-electron chi connectivity index (χ3n) is 6.15. The molecule has 0 aromatic carbocycles. The summed E-state index contributed by atoms with van der Waals surface area (Å²) >= 11 is 0. The quantitative estimate of drug-likeness (QED) is 0.784. The molecule has 1 heterocycles. The van der Waals surface area contributed by atoms with Crippen molar-refractivity contribution < 1.29 is 14.3 Å². The largest absolute Gasteiger partial charge is 0.462 e. The van der Waals surface area contributed by atoms with Crippen LogP contribution in [0.1, 0.15) is 45.4 Å². The van der Waals surface area contributed by atoms with Crippen molar-refractivity contribution in [3.63, 3.8) is 0 Å². The summed E-state index contributed by atoms with van der Waals surface area (Å²) in [6, 6.07) is 0.325. The molecule has 5 atom stereocenters. The molecule has 4 rings (SSSR count). The highest BCUT2D eigenvalue weighted by atomic mass is 16.6. The van der Waals surface area contributed by atoms with Crippen LogP contribution in [0, 0.1) is 29.6 Å². The lowest BCUT2D eigenvalue weighted by atomic mass is 9.79. The van der Waals surface area contributed by atoms with E-state index in [4.69, 9.17) is 4.74 Å². The summed E-state index contributed by atoms with van der Waals surface area (Å²) in [5.41, 5.74) is 0. The third kappa shape index (κ3) is 1.80. The van der Waals surface area contributed by atoms with Crippen LogP contribution < -0.4 is 5.32 Å². The van der Waals surface area contributed by atoms with Gasteiger partial charge in [-0.25, -0.2) is 0 Å². The van der Waals surface area contributed by atoms with Gasteiger partial charge in [-0.05, 0) is 50.4 Å². The van der Waals surface area contributed by atoms with Crippen LogP contribution in [-0.2, 0) is 14.3 Å². The molecule has 4 aliphatic rings. The van der Waals surface area contributed by atoms with E-state index >= 15 is 0 Å². The molecule has 4 nitrogen and oxygen atoms in total. The van der Waals surface area contributed by atoms with E-state index in [0.29, 0.717) is 17.9 Å². The molecule has 1 amide bonds. The molecule has 110 valence electrons. The van der Waals surface area contributed by atoms with Crippen molar-refractivity contribution in [1.29, 1.82) is 0 Å². The topological polar surface area (TPSA) is 55.4 Å². The Labute approximate surface area is 119 Å². The van der Waals surface area contributed by atoms with E-state index in [1.54, 1.807) is 0 Å².